The van der Waals surface area contributed by atoms with Gasteiger partial charge in [0.25, 0.3) is 10.0 Å². The summed E-state index contributed by atoms with van der Waals surface area (Å²) in [6.45, 7) is 0. The summed E-state index contributed by atoms with van der Waals surface area (Å²) in [5, 5.41) is 6.62. The smallest absolute Gasteiger partial charge is 0.252 e. The van der Waals surface area contributed by atoms with E-state index >= 15 is 0 Å². The summed E-state index contributed by atoms with van der Waals surface area (Å²) in [5.74, 6) is -0.857. The predicted octanol–water partition coefficient (Wildman–Crippen LogP) is 1.64. The lowest BCUT2D eigenvalue weighted by molar-refractivity contribution is 0.569. The van der Waals surface area contributed by atoms with Crippen LogP contribution in [0.1, 0.15) is 0 Å². The lowest BCUT2D eigenvalue weighted by Gasteiger charge is -2.05. The highest BCUT2D eigenvalue weighted by Crippen LogP contribution is 2.21. The largest absolute Gasteiger partial charge is 0.266 e. The third kappa shape index (κ3) is 2.76. The fraction of sp³-hybridized carbons (Fsp3) is 0. The minimum Gasteiger partial charge on any atom is -0.252 e. The fourth-order valence-corrected chi connectivity index (χ4v) is 3.01. The Morgan fingerprint density at radius 2 is 2.18 bits per heavy atom. The maximum atomic E-state index is 13.5. The molecule has 2 rings (SSSR count). The van der Waals surface area contributed by atoms with Gasteiger partial charge in [-0.15, -0.1) is 0 Å². The Balaban J connectivity index is 2.38. The molecule has 10 heteroatoms. The zero-order valence-electron chi connectivity index (χ0n) is 7.96. The molecule has 0 fully saturated rings. The van der Waals surface area contributed by atoms with Crippen molar-refractivity contribution in [3.05, 3.63) is 28.5 Å². The number of nitrogens with zero attached hydrogens (tertiary/aromatic N) is 3. The van der Waals surface area contributed by atoms with E-state index in [0.717, 1.165) is 23.7 Å². The molecule has 0 spiro atoms. The zero-order valence-corrected chi connectivity index (χ0v) is 11.2. The average molecular weight is 339 g/mol. The molecular formula is C7H4BrFN4O2S2. The maximum absolute atomic E-state index is 13.5. The van der Waals surface area contributed by atoms with Crippen molar-refractivity contribution in [2.45, 2.75) is 4.90 Å². The molecule has 0 radical (unpaired) electrons. The summed E-state index contributed by atoms with van der Waals surface area (Å²) < 4.78 is 42.9. The lowest BCUT2D eigenvalue weighted by Crippen LogP contribution is -2.14. The topological polar surface area (TPSA) is 84.8 Å². The Labute approximate surface area is 108 Å². The molecule has 0 atom stereocenters. The van der Waals surface area contributed by atoms with Crippen molar-refractivity contribution >= 4 is 42.6 Å². The van der Waals surface area contributed by atoms with E-state index in [1.54, 1.807) is 0 Å². The highest BCUT2D eigenvalue weighted by Gasteiger charge is 2.20. The van der Waals surface area contributed by atoms with Gasteiger partial charge in [-0.25, -0.2) is 12.8 Å². The molecule has 0 unspecified atom stereocenters. The zero-order chi connectivity index (χ0) is 12.5. The first-order chi connectivity index (χ1) is 7.99. The van der Waals surface area contributed by atoms with Gasteiger partial charge >= 0.3 is 0 Å². The van der Waals surface area contributed by atoms with Crippen LogP contribution in [0.5, 0.6) is 0 Å². The molecule has 2 aromatic rings. The van der Waals surface area contributed by atoms with Gasteiger partial charge in [0.15, 0.2) is 0 Å². The summed E-state index contributed by atoms with van der Waals surface area (Å²) in [6.07, 6.45) is 0. The Kier molecular flexibility index (Phi) is 3.35. The van der Waals surface area contributed by atoms with Crippen LogP contribution in [0.4, 0.5) is 9.52 Å². The van der Waals surface area contributed by atoms with Crippen LogP contribution in [0.25, 0.3) is 0 Å². The Morgan fingerprint density at radius 3 is 2.76 bits per heavy atom. The molecule has 0 saturated carbocycles. The van der Waals surface area contributed by atoms with E-state index in [9.17, 15) is 12.8 Å². The van der Waals surface area contributed by atoms with Gasteiger partial charge in [0.05, 0.1) is 0 Å². The van der Waals surface area contributed by atoms with Crippen molar-refractivity contribution in [1.29, 1.82) is 0 Å². The van der Waals surface area contributed by atoms with Crippen molar-refractivity contribution in [2.24, 2.45) is 0 Å². The van der Waals surface area contributed by atoms with Crippen molar-refractivity contribution in [3.8, 4) is 0 Å². The number of aromatic nitrogens is 3. The summed E-state index contributed by atoms with van der Waals surface area (Å²) in [4.78, 5) is -0.462. The van der Waals surface area contributed by atoms with E-state index in [1.807, 2.05) is 0 Å². The molecule has 0 amide bonds. The number of rotatable bonds is 3. The average Bonchev–Trinajstić information content (AvgIpc) is 2.68. The first-order valence-electron chi connectivity index (χ1n) is 4.12. The van der Waals surface area contributed by atoms with Crippen molar-refractivity contribution in [3.63, 3.8) is 0 Å². The Bertz CT molecular complexity index is 631. The van der Waals surface area contributed by atoms with E-state index in [2.05, 4.69) is 35.5 Å². The molecular weight excluding hydrogens is 335 g/mol. The van der Waals surface area contributed by atoms with Crippen LogP contribution in [-0.2, 0) is 10.0 Å². The molecule has 1 heterocycles. The number of nitrogens with one attached hydrogen (secondary N) is 1. The molecule has 1 aromatic heterocycles. The van der Waals surface area contributed by atoms with E-state index in [1.165, 1.54) is 6.07 Å². The molecule has 0 aliphatic rings. The van der Waals surface area contributed by atoms with Gasteiger partial charge in [-0.1, -0.05) is 25.5 Å². The van der Waals surface area contributed by atoms with Gasteiger partial charge in [-0.3, -0.25) is 4.72 Å². The van der Waals surface area contributed by atoms with Gasteiger partial charge in [0.1, 0.15) is 10.7 Å². The summed E-state index contributed by atoms with van der Waals surface area (Å²) in [7, 11) is -4.01. The monoisotopic (exact) mass is 338 g/mol. The van der Waals surface area contributed by atoms with Gasteiger partial charge in [0, 0.05) is 16.0 Å². The summed E-state index contributed by atoms with van der Waals surface area (Å²) >= 11 is 3.80. The fourth-order valence-electron chi connectivity index (χ4n) is 1.04. The Morgan fingerprint density at radius 1 is 1.41 bits per heavy atom. The first kappa shape index (κ1) is 12.3. The van der Waals surface area contributed by atoms with E-state index < -0.39 is 20.7 Å². The second kappa shape index (κ2) is 4.63. The van der Waals surface area contributed by atoms with Gasteiger partial charge in [-0.2, -0.15) is 0 Å². The third-order valence-corrected chi connectivity index (χ3v) is 4.21. The first-order valence-corrected chi connectivity index (χ1v) is 7.17. The highest BCUT2D eigenvalue weighted by molar-refractivity contribution is 9.10. The van der Waals surface area contributed by atoms with Crippen molar-refractivity contribution < 1.29 is 12.8 Å². The van der Waals surface area contributed by atoms with Crippen LogP contribution in [0.2, 0.25) is 0 Å². The summed E-state index contributed by atoms with van der Waals surface area (Å²) in [6, 6.07) is 3.64. The van der Waals surface area contributed by atoms with Crippen LogP contribution in [-0.4, -0.2) is 23.2 Å². The molecule has 90 valence electrons. The molecule has 0 aliphatic carbocycles. The Hall–Kier alpha value is -1.13. The van der Waals surface area contributed by atoms with Crippen molar-refractivity contribution in [1.82, 2.24) is 14.8 Å². The number of benzene rings is 1. The number of halogens is 2. The molecule has 1 aromatic carbocycles. The third-order valence-electron chi connectivity index (χ3n) is 1.70. The number of anilines is 1. The van der Waals surface area contributed by atoms with Crippen LogP contribution in [0, 0.1) is 5.82 Å². The molecule has 1 N–H and O–H groups in total. The van der Waals surface area contributed by atoms with E-state index in [-0.39, 0.29) is 5.13 Å². The summed E-state index contributed by atoms with van der Waals surface area (Å²) in [5.41, 5.74) is 0. The quantitative estimate of drug-likeness (QED) is 0.919. The van der Waals surface area contributed by atoms with Gasteiger partial charge in [0.2, 0.25) is 5.13 Å². The van der Waals surface area contributed by atoms with Crippen molar-refractivity contribution in [2.75, 3.05) is 4.72 Å². The second-order valence-electron chi connectivity index (χ2n) is 2.85. The molecule has 17 heavy (non-hydrogen) atoms. The normalized spacial score (nSPS) is 11.4. The predicted molar refractivity (Wildman–Crippen MR) is 62.6 cm³/mol. The number of sulfonamides is 1. The minimum absolute atomic E-state index is 0.0210. The SMILES string of the molecule is O=S(=O)(Nc1nnns1)c1ccc(Br)cc1F. The van der Waals surface area contributed by atoms with Crippen LogP contribution in [0.3, 0.4) is 0 Å². The second-order valence-corrected chi connectivity index (χ2v) is 6.15. The van der Waals surface area contributed by atoms with Crippen LogP contribution in [0.15, 0.2) is 27.6 Å². The van der Waals surface area contributed by atoms with E-state index in [0.29, 0.717) is 4.47 Å². The molecule has 6 nitrogen and oxygen atoms in total. The minimum atomic E-state index is -4.01. The lowest BCUT2D eigenvalue weighted by atomic mass is 10.3. The van der Waals surface area contributed by atoms with Gasteiger partial charge < -0.3 is 0 Å². The number of hydrogen-bond donors (Lipinski definition) is 1. The van der Waals surface area contributed by atoms with Crippen LogP contribution < -0.4 is 4.72 Å². The highest BCUT2D eigenvalue weighted by atomic mass is 79.9. The molecule has 0 saturated heterocycles. The van der Waals surface area contributed by atoms with E-state index in [4.69, 9.17) is 0 Å². The molecule has 0 bridgehead atoms. The number of hydrogen-bond acceptors (Lipinski definition) is 6. The van der Waals surface area contributed by atoms with Crippen LogP contribution >= 0.6 is 27.5 Å². The standard InChI is InChI=1S/C7H4BrFN4O2S2/c8-4-1-2-6(5(9)3-4)17(14,15)11-7-10-12-13-16-7/h1-3H,(H,10,11,13). The maximum Gasteiger partial charge on any atom is 0.266 e. The molecule has 0 aliphatic heterocycles. The van der Waals surface area contributed by atoms with Gasteiger partial charge in [-0.05, 0) is 23.4 Å².